The second-order valence-corrected chi connectivity index (χ2v) is 7.62. The molecule has 2 N–H and O–H groups in total. The summed E-state index contributed by atoms with van der Waals surface area (Å²) in [6.45, 7) is 2.44. The summed E-state index contributed by atoms with van der Waals surface area (Å²) < 4.78 is 11.4. The molecule has 0 spiro atoms. The van der Waals surface area contributed by atoms with Gasteiger partial charge in [-0.25, -0.2) is 0 Å². The number of nitrogens with zero attached hydrogens (tertiary/aromatic N) is 2. The van der Waals surface area contributed by atoms with Crippen molar-refractivity contribution in [1.82, 2.24) is 15.5 Å². The molecule has 0 radical (unpaired) electrons. The second-order valence-electron chi connectivity index (χ2n) is 7.62. The Bertz CT molecular complexity index is 592. The topological polar surface area (TPSA) is 58.1 Å². The molecule has 1 atom stereocenters. The van der Waals surface area contributed by atoms with Crippen LogP contribution in [0.5, 0.6) is 5.75 Å². The zero-order valence-electron chi connectivity index (χ0n) is 18.4. The van der Waals surface area contributed by atoms with Crippen molar-refractivity contribution < 1.29 is 9.47 Å². The Hall–Kier alpha value is -1.06. The SMILES string of the molecule is CN=C(NCCCOC1CCCCC1)NCC(c1cccc(OC)c1)N(C)C.I. The first-order valence-electron chi connectivity index (χ1n) is 10.5. The molecule has 0 amide bonds. The predicted octanol–water partition coefficient (Wildman–Crippen LogP) is 3.82. The van der Waals surface area contributed by atoms with Gasteiger partial charge in [-0.05, 0) is 51.1 Å². The number of hydrogen-bond acceptors (Lipinski definition) is 4. The smallest absolute Gasteiger partial charge is 0.191 e. The van der Waals surface area contributed by atoms with Crippen LogP contribution < -0.4 is 15.4 Å². The molecule has 7 heteroatoms. The van der Waals surface area contributed by atoms with Gasteiger partial charge in [0.15, 0.2) is 5.96 Å². The summed E-state index contributed by atoms with van der Waals surface area (Å²) in [7, 11) is 7.69. The number of rotatable bonds is 10. The highest BCUT2D eigenvalue weighted by Crippen LogP contribution is 2.22. The molecule has 1 aromatic carbocycles. The Kier molecular flexibility index (Phi) is 13.3. The Morgan fingerprint density at radius 1 is 1.21 bits per heavy atom. The number of halogens is 1. The number of nitrogens with one attached hydrogen (secondary N) is 2. The number of aliphatic imine (C=N–C) groups is 1. The van der Waals surface area contributed by atoms with E-state index >= 15 is 0 Å². The summed E-state index contributed by atoms with van der Waals surface area (Å²) in [5.74, 6) is 1.71. The number of hydrogen-bond donors (Lipinski definition) is 2. The van der Waals surface area contributed by atoms with Crippen molar-refractivity contribution in [3.63, 3.8) is 0 Å². The van der Waals surface area contributed by atoms with Crippen LogP contribution in [0.25, 0.3) is 0 Å². The summed E-state index contributed by atoms with van der Waals surface area (Å²) >= 11 is 0. The van der Waals surface area contributed by atoms with Crippen molar-refractivity contribution in [2.75, 3.05) is 47.9 Å². The van der Waals surface area contributed by atoms with Crippen LogP contribution in [-0.4, -0.2) is 64.9 Å². The number of likely N-dealkylation sites (N-methyl/N-ethyl adjacent to an activating group) is 1. The maximum atomic E-state index is 5.99. The van der Waals surface area contributed by atoms with Crippen LogP contribution >= 0.6 is 24.0 Å². The third kappa shape index (κ3) is 9.53. The normalized spacial score (nSPS) is 16.2. The fraction of sp³-hybridized carbons (Fsp3) is 0.682. The summed E-state index contributed by atoms with van der Waals surface area (Å²) in [6.07, 6.45) is 7.94. The van der Waals surface area contributed by atoms with E-state index in [0.29, 0.717) is 6.10 Å². The first-order valence-corrected chi connectivity index (χ1v) is 10.5. The van der Waals surface area contributed by atoms with Crippen molar-refractivity contribution in [3.8, 4) is 5.75 Å². The quantitative estimate of drug-likeness (QED) is 0.214. The maximum absolute atomic E-state index is 5.99. The van der Waals surface area contributed by atoms with E-state index < -0.39 is 0 Å². The lowest BCUT2D eigenvalue weighted by atomic mass is 9.98. The van der Waals surface area contributed by atoms with E-state index in [1.165, 1.54) is 37.7 Å². The highest BCUT2D eigenvalue weighted by Gasteiger charge is 2.16. The second kappa shape index (κ2) is 14.8. The first-order chi connectivity index (χ1) is 13.6. The van der Waals surface area contributed by atoms with Crippen LogP contribution in [0.2, 0.25) is 0 Å². The van der Waals surface area contributed by atoms with Crippen molar-refractivity contribution in [2.24, 2.45) is 4.99 Å². The molecule has 1 aromatic rings. The molecule has 0 heterocycles. The molecule has 1 aliphatic rings. The molecule has 1 unspecified atom stereocenters. The van der Waals surface area contributed by atoms with Gasteiger partial charge in [0.1, 0.15) is 5.75 Å². The lowest BCUT2D eigenvalue weighted by molar-refractivity contribution is 0.0277. The number of methoxy groups -OCH3 is 1. The Morgan fingerprint density at radius 2 is 1.97 bits per heavy atom. The van der Waals surface area contributed by atoms with Crippen LogP contribution in [0.4, 0.5) is 0 Å². The van der Waals surface area contributed by atoms with Crippen molar-refractivity contribution in [1.29, 1.82) is 0 Å². The lowest BCUT2D eigenvalue weighted by Gasteiger charge is -2.26. The molecule has 1 fully saturated rings. The molecule has 0 bridgehead atoms. The maximum Gasteiger partial charge on any atom is 0.191 e. The van der Waals surface area contributed by atoms with E-state index in [9.17, 15) is 0 Å². The fourth-order valence-corrected chi connectivity index (χ4v) is 3.62. The average molecular weight is 518 g/mol. The molecule has 29 heavy (non-hydrogen) atoms. The van der Waals surface area contributed by atoms with Gasteiger partial charge in [-0.1, -0.05) is 31.4 Å². The highest BCUT2D eigenvalue weighted by molar-refractivity contribution is 14.0. The van der Waals surface area contributed by atoms with Crippen molar-refractivity contribution in [2.45, 2.75) is 50.7 Å². The van der Waals surface area contributed by atoms with Gasteiger partial charge in [0.05, 0.1) is 19.3 Å². The molecule has 1 aliphatic carbocycles. The van der Waals surface area contributed by atoms with Crippen LogP contribution in [0.1, 0.15) is 50.1 Å². The number of benzene rings is 1. The predicted molar refractivity (Wildman–Crippen MR) is 132 cm³/mol. The van der Waals surface area contributed by atoms with Gasteiger partial charge >= 0.3 is 0 Å². The standard InChI is InChI=1S/C22H38N4O2.HI/c1-23-22(24-14-9-15-28-19-11-6-5-7-12-19)25-17-21(26(2)3)18-10-8-13-20(16-18)27-4;/h8,10,13,16,19,21H,5-7,9,11-12,14-15,17H2,1-4H3,(H2,23,24,25);1H. The van der Waals surface area contributed by atoms with E-state index in [1.807, 2.05) is 19.2 Å². The third-order valence-corrected chi connectivity index (χ3v) is 5.31. The summed E-state index contributed by atoms with van der Waals surface area (Å²) in [5.41, 5.74) is 1.22. The fourth-order valence-electron chi connectivity index (χ4n) is 3.62. The van der Waals surface area contributed by atoms with E-state index in [2.05, 4.69) is 46.8 Å². The van der Waals surface area contributed by atoms with Gasteiger partial charge < -0.3 is 25.0 Å². The van der Waals surface area contributed by atoms with E-state index in [0.717, 1.165) is 37.8 Å². The van der Waals surface area contributed by atoms with Crippen LogP contribution in [-0.2, 0) is 4.74 Å². The van der Waals surface area contributed by atoms with Gasteiger partial charge in [0.25, 0.3) is 0 Å². The summed E-state index contributed by atoms with van der Waals surface area (Å²) in [4.78, 5) is 6.55. The molecule has 166 valence electrons. The number of ether oxygens (including phenoxy) is 2. The van der Waals surface area contributed by atoms with Gasteiger partial charge in [0, 0.05) is 26.7 Å². The first kappa shape index (κ1) is 26.0. The molecule has 6 nitrogen and oxygen atoms in total. The van der Waals surface area contributed by atoms with Gasteiger partial charge in [-0.3, -0.25) is 4.99 Å². The minimum atomic E-state index is 0. The van der Waals surface area contributed by atoms with E-state index in [-0.39, 0.29) is 30.0 Å². The minimum Gasteiger partial charge on any atom is -0.497 e. The van der Waals surface area contributed by atoms with Crippen LogP contribution in [0, 0.1) is 0 Å². The Labute approximate surface area is 193 Å². The molecular weight excluding hydrogens is 479 g/mol. The average Bonchev–Trinajstić information content (AvgIpc) is 2.73. The molecule has 0 saturated heterocycles. The van der Waals surface area contributed by atoms with E-state index in [4.69, 9.17) is 9.47 Å². The zero-order valence-corrected chi connectivity index (χ0v) is 20.8. The van der Waals surface area contributed by atoms with Crippen LogP contribution in [0.15, 0.2) is 29.3 Å². The highest BCUT2D eigenvalue weighted by atomic mass is 127. The Balaban J connectivity index is 0.00000420. The van der Waals surface area contributed by atoms with Gasteiger partial charge in [-0.15, -0.1) is 24.0 Å². The molecule has 2 rings (SSSR count). The molecule has 0 aromatic heterocycles. The lowest BCUT2D eigenvalue weighted by Crippen LogP contribution is -2.42. The number of guanidine groups is 1. The molecular formula is C22H39IN4O2. The van der Waals surface area contributed by atoms with Crippen molar-refractivity contribution >= 4 is 29.9 Å². The largest absolute Gasteiger partial charge is 0.497 e. The van der Waals surface area contributed by atoms with Gasteiger partial charge in [0.2, 0.25) is 0 Å². The monoisotopic (exact) mass is 518 g/mol. The third-order valence-electron chi connectivity index (χ3n) is 5.31. The molecule has 0 aliphatic heterocycles. The zero-order chi connectivity index (χ0) is 20.2. The Morgan fingerprint density at radius 3 is 2.62 bits per heavy atom. The molecule has 1 saturated carbocycles. The van der Waals surface area contributed by atoms with Gasteiger partial charge in [-0.2, -0.15) is 0 Å². The minimum absolute atomic E-state index is 0. The van der Waals surface area contributed by atoms with E-state index in [1.54, 1.807) is 7.11 Å². The summed E-state index contributed by atoms with van der Waals surface area (Å²) in [5, 5.41) is 6.83. The van der Waals surface area contributed by atoms with Crippen molar-refractivity contribution in [3.05, 3.63) is 29.8 Å². The van der Waals surface area contributed by atoms with Crippen LogP contribution in [0.3, 0.4) is 0 Å². The summed E-state index contributed by atoms with van der Waals surface area (Å²) in [6, 6.07) is 8.45.